The summed E-state index contributed by atoms with van der Waals surface area (Å²) in [6.07, 6.45) is 2.69. The van der Waals surface area contributed by atoms with Crippen molar-refractivity contribution in [3.8, 4) is 0 Å². The normalized spacial score (nSPS) is 29.6. The van der Waals surface area contributed by atoms with Gasteiger partial charge in [-0.2, -0.15) is 0 Å². The summed E-state index contributed by atoms with van der Waals surface area (Å²) in [5.41, 5.74) is 0. The van der Waals surface area contributed by atoms with Crippen molar-refractivity contribution in [2.75, 3.05) is 25.0 Å². The number of aliphatic imine (C=N–C) groups is 1. The number of rotatable bonds is 1. The van der Waals surface area contributed by atoms with Crippen molar-refractivity contribution in [2.24, 2.45) is 4.99 Å². The maximum atomic E-state index is 4.55. The largest absolute Gasteiger partial charge is 0.351 e. The van der Waals surface area contributed by atoms with E-state index in [1.807, 2.05) is 11.8 Å². The second kappa shape index (κ2) is 4.01. The van der Waals surface area contributed by atoms with E-state index in [4.69, 9.17) is 0 Å². The van der Waals surface area contributed by atoms with Gasteiger partial charge in [0.25, 0.3) is 0 Å². The second-order valence-corrected chi connectivity index (χ2v) is 5.13. The lowest BCUT2D eigenvalue weighted by atomic mass is 10.4. The minimum atomic E-state index is 0.681. The summed E-state index contributed by atoms with van der Waals surface area (Å²) in [6, 6.07) is 0. The van der Waals surface area contributed by atoms with Crippen LogP contribution in [0.2, 0.25) is 0 Å². The van der Waals surface area contributed by atoms with E-state index in [-0.39, 0.29) is 0 Å². The summed E-state index contributed by atoms with van der Waals surface area (Å²) >= 11 is 5.44. The van der Waals surface area contributed by atoms with Crippen molar-refractivity contribution in [1.82, 2.24) is 4.90 Å². The average Bonchev–Trinajstić information content (AvgIpc) is 2.75. The van der Waals surface area contributed by atoms with Crippen LogP contribution in [0.15, 0.2) is 4.99 Å². The van der Waals surface area contributed by atoms with Crippen molar-refractivity contribution >= 4 is 32.9 Å². The highest BCUT2D eigenvalue weighted by molar-refractivity contribution is 9.09. The summed E-state index contributed by atoms with van der Waals surface area (Å²) in [6.45, 7) is 3.45. The number of nitrogens with zero attached hydrogens (tertiary/aromatic N) is 2. The molecule has 0 saturated carbocycles. The molecule has 2 aliphatic heterocycles. The van der Waals surface area contributed by atoms with E-state index in [0.717, 1.165) is 11.9 Å². The van der Waals surface area contributed by atoms with Gasteiger partial charge in [-0.1, -0.05) is 27.7 Å². The molecular weight excluding hydrogens is 236 g/mol. The Morgan fingerprint density at radius 1 is 1.50 bits per heavy atom. The summed E-state index contributed by atoms with van der Waals surface area (Å²) in [4.78, 5) is 6.97. The highest BCUT2D eigenvalue weighted by atomic mass is 79.9. The Labute approximate surface area is 85.9 Å². The first-order chi connectivity index (χ1) is 5.90. The van der Waals surface area contributed by atoms with Crippen molar-refractivity contribution in [3.05, 3.63) is 0 Å². The van der Waals surface area contributed by atoms with Crippen molar-refractivity contribution in [1.29, 1.82) is 0 Å². The molecule has 0 spiro atoms. The van der Waals surface area contributed by atoms with E-state index < -0.39 is 0 Å². The SMILES string of the molecule is BrCC1CN=C(N2CCCC2)S1. The van der Waals surface area contributed by atoms with Gasteiger partial charge in [0.15, 0.2) is 5.17 Å². The molecule has 4 heteroatoms. The molecule has 0 aromatic rings. The third-order valence-electron chi connectivity index (χ3n) is 2.25. The summed E-state index contributed by atoms with van der Waals surface area (Å²) in [5, 5.41) is 3.04. The molecule has 0 bridgehead atoms. The van der Waals surface area contributed by atoms with Gasteiger partial charge in [0, 0.05) is 23.7 Å². The molecule has 2 heterocycles. The molecule has 1 atom stereocenters. The van der Waals surface area contributed by atoms with Crippen LogP contribution in [0.1, 0.15) is 12.8 Å². The van der Waals surface area contributed by atoms with Crippen LogP contribution < -0.4 is 0 Å². The van der Waals surface area contributed by atoms with Crippen molar-refractivity contribution in [3.63, 3.8) is 0 Å². The van der Waals surface area contributed by atoms with Gasteiger partial charge in [0.1, 0.15) is 0 Å². The molecule has 68 valence electrons. The first kappa shape index (κ1) is 8.88. The molecule has 0 aliphatic carbocycles. The van der Waals surface area contributed by atoms with Crippen LogP contribution >= 0.6 is 27.7 Å². The number of thioether (sulfide) groups is 1. The average molecular weight is 249 g/mol. The highest BCUT2D eigenvalue weighted by Gasteiger charge is 2.24. The zero-order chi connectivity index (χ0) is 8.39. The molecule has 0 aromatic carbocycles. The molecule has 1 fully saturated rings. The van der Waals surface area contributed by atoms with E-state index >= 15 is 0 Å². The molecule has 2 nitrogen and oxygen atoms in total. The number of hydrogen-bond donors (Lipinski definition) is 0. The first-order valence-electron chi connectivity index (χ1n) is 4.42. The van der Waals surface area contributed by atoms with Gasteiger partial charge in [-0.15, -0.1) is 0 Å². The van der Waals surface area contributed by atoms with Crippen LogP contribution in [0, 0.1) is 0 Å². The standard InChI is InChI=1S/C8H13BrN2S/c9-5-7-6-10-8(12-7)11-3-1-2-4-11/h7H,1-6H2. The number of halogens is 1. The van der Waals surface area contributed by atoms with Crippen LogP contribution in [0.4, 0.5) is 0 Å². The molecule has 12 heavy (non-hydrogen) atoms. The zero-order valence-electron chi connectivity index (χ0n) is 7.00. The van der Waals surface area contributed by atoms with E-state index in [2.05, 4.69) is 25.8 Å². The second-order valence-electron chi connectivity index (χ2n) is 3.21. The van der Waals surface area contributed by atoms with Crippen molar-refractivity contribution in [2.45, 2.75) is 18.1 Å². The molecular formula is C8H13BrN2S. The molecule has 1 saturated heterocycles. The Morgan fingerprint density at radius 3 is 2.83 bits per heavy atom. The Morgan fingerprint density at radius 2 is 2.25 bits per heavy atom. The molecule has 0 radical (unpaired) electrons. The molecule has 0 amide bonds. The van der Waals surface area contributed by atoms with E-state index in [0.29, 0.717) is 5.25 Å². The fourth-order valence-electron chi connectivity index (χ4n) is 1.57. The summed E-state index contributed by atoms with van der Waals surface area (Å²) in [7, 11) is 0. The van der Waals surface area contributed by atoms with Gasteiger partial charge in [0.05, 0.1) is 6.54 Å². The van der Waals surface area contributed by atoms with E-state index in [1.165, 1.54) is 31.1 Å². The highest BCUT2D eigenvalue weighted by Crippen LogP contribution is 2.26. The quantitative estimate of drug-likeness (QED) is 0.660. The lowest BCUT2D eigenvalue weighted by molar-refractivity contribution is 0.530. The fourth-order valence-corrected chi connectivity index (χ4v) is 3.16. The molecule has 0 aromatic heterocycles. The van der Waals surface area contributed by atoms with Crippen LogP contribution in [0.3, 0.4) is 0 Å². The lowest BCUT2D eigenvalue weighted by Gasteiger charge is -2.16. The Balaban J connectivity index is 1.89. The Hall–Kier alpha value is 0.300. The third kappa shape index (κ3) is 1.79. The molecule has 0 N–H and O–H groups in total. The van der Waals surface area contributed by atoms with Crippen LogP contribution in [0.5, 0.6) is 0 Å². The predicted molar refractivity (Wildman–Crippen MR) is 58.3 cm³/mol. The summed E-state index contributed by atoms with van der Waals surface area (Å²) in [5.74, 6) is 0. The maximum Gasteiger partial charge on any atom is 0.159 e. The minimum absolute atomic E-state index is 0.681. The molecule has 2 aliphatic rings. The molecule has 1 unspecified atom stereocenters. The Bertz CT molecular complexity index is 189. The van der Waals surface area contributed by atoms with Gasteiger partial charge in [0.2, 0.25) is 0 Å². The zero-order valence-corrected chi connectivity index (χ0v) is 9.40. The molecule has 2 rings (SSSR count). The van der Waals surface area contributed by atoms with E-state index in [1.54, 1.807) is 0 Å². The number of likely N-dealkylation sites (tertiary alicyclic amines) is 1. The predicted octanol–water partition coefficient (Wildman–Crippen LogP) is 1.95. The van der Waals surface area contributed by atoms with Gasteiger partial charge < -0.3 is 4.90 Å². The minimum Gasteiger partial charge on any atom is -0.351 e. The fraction of sp³-hybridized carbons (Fsp3) is 0.875. The maximum absolute atomic E-state index is 4.55. The lowest BCUT2D eigenvalue weighted by Crippen LogP contribution is -2.24. The van der Waals surface area contributed by atoms with Crippen LogP contribution in [-0.4, -0.2) is 40.3 Å². The third-order valence-corrected chi connectivity index (χ3v) is 4.71. The first-order valence-corrected chi connectivity index (χ1v) is 6.42. The van der Waals surface area contributed by atoms with Gasteiger partial charge in [-0.25, -0.2) is 0 Å². The van der Waals surface area contributed by atoms with Crippen LogP contribution in [0.25, 0.3) is 0 Å². The smallest absolute Gasteiger partial charge is 0.159 e. The van der Waals surface area contributed by atoms with E-state index in [9.17, 15) is 0 Å². The topological polar surface area (TPSA) is 15.6 Å². The van der Waals surface area contributed by atoms with Crippen LogP contribution in [-0.2, 0) is 0 Å². The monoisotopic (exact) mass is 248 g/mol. The summed E-state index contributed by atoms with van der Waals surface area (Å²) < 4.78 is 0. The van der Waals surface area contributed by atoms with Crippen molar-refractivity contribution < 1.29 is 0 Å². The van der Waals surface area contributed by atoms with Gasteiger partial charge in [-0.3, -0.25) is 4.99 Å². The van der Waals surface area contributed by atoms with Gasteiger partial charge >= 0.3 is 0 Å². The number of alkyl halides is 1. The number of amidine groups is 1. The number of hydrogen-bond acceptors (Lipinski definition) is 3. The van der Waals surface area contributed by atoms with Gasteiger partial charge in [-0.05, 0) is 12.8 Å². The Kier molecular flexibility index (Phi) is 2.96.